The van der Waals surface area contributed by atoms with Crippen LogP contribution >= 0.6 is 0 Å². The van der Waals surface area contributed by atoms with Crippen molar-refractivity contribution in [2.45, 2.75) is 43.4 Å². The zero-order valence-electron chi connectivity index (χ0n) is 13.9. The average Bonchev–Trinajstić information content (AvgIpc) is 2.56. The molecule has 2 rings (SSSR count). The summed E-state index contributed by atoms with van der Waals surface area (Å²) in [4.78, 5) is 13.8. The predicted molar refractivity (Wildman–Crippen MR) is 83.6 cm³/mol. The van der Waals surface area contributed by atoms with Gasteiger partial charge in [-0.1, -0.05) is 13.3 Å². The lowest BCUT2D eigenvalue weighted by Gasteiger charge is -2.42. The van der Waals surface area contributed by atoms with Crippen LogP contribution in [0.5, 0.6) is 0 Å². The number of halogens is 3. The summed E-state index contributed by atoms with van der Waals surface area (Å²) < 4.78 is 65.7. The Morgan fingerprint density at radius 3 is 2.65 bits per heavy atom. The number of aliphatic carboxylic acids is 1. The minimum atomic E-state index is -4.98. The second-order valence-electron chi connectivity index (χ2n) is 6.20. The van der Waals surface area contributed by atoms with Gasteiger partial charge in [0.1, 0.15) is 10.3 Å². The fourth-order valence-electron chi connectivity index (χ4n) is 3.21. The molecule has 0 radical (unpaired) electrons. The van der Waals surface area contributed by atoms with E-state index in [1.54, 1.807) is 6.92 Å². The highest BCUT2D eigenvalue weighted by Crippen LogP contribution is 2.39. The van der Waals surface area contributed by atoms with E-state index in [0.717, 1.165) is 18.3 Å². The quantitative estimate of drug-likeness (QED) is 0.785. The summed E-state index contributed by atoms with van der Waals surface area (Å²) in [5.74, 6) is -1.38. The van der Waals surface area contributed by atoms with Gasteiger partial charge >= 0.3 is 12.1 Å². The number of rotatable bonds is 5. The molecular weight excluding hydrogens is 377 g/mol. The Bertz CT molecular complexity index is 784. The highest BCUT2D eigenvalue weighted by atomic mass is 32.2. The molecule has 1 aliphatic heterocycles. The van der Waals surface area contributed by atoms with Crippen molar-refractivity contribution in [1.29, 1.82) is 0 Å². The van der Waals surface area contributed by atoms with Gasteiger partial charge in [0.2, 0.25) is 10.0 Å². The Hall–Kier alpha value is -1.72. The van der Waals surface area contributed by atoms with Gasteiger partial charge in [0.05, 0.1) is 6.10 Å². The molecule has 11 heteroatoms. The van der Waals surface area contributed by atoms with Gasteiger partial charge in [-0.2, -0.15) is 17.5 Å². The van der Waals surface area contributed by atoms with Crippen molar-refractivity contribution in [2.24, 2.45) is 5.41 Å². The van der Waals surface area contributed by atoms with Gasteiger partial charge in [0, 0.05) is 19.3 Å². The van der Waals surface area contributed by atoms with Gasteiger partial charge in [-0.3, -0.25) is 9.78 Å². The summed E-state index contributed by atoms with van der Waals surface area (Å²) in [5, 5.41) is 19.7. The number of nitrogens with zero attached hydrogens (tertiary/aromatic N) is 2. The molecule has 7 nitrogen and oxygen atoms in total. The normalized spacial score (nSPS) is 25.2. The van der Waals surface area contributed by atoms with E-state index in [-0.39, 0.29) is 19.4 Å². The number of carboxylic acid groups (broad SMARTS) is 1. The first-order chi connectivity index (χ1) is 12.0. The first-order valence-electron chi connectivity index (χ1n) is 7.90. The number of sulfonamides is 1. The first-order valence-corrected chi connectivity index (χ1v) is 9.34. The molecule has 1 aromatic heterocycles. The van der Waals surface area contributed by atoms with Crippen molar-refractivity contribution in [3.8, 4) is 0 Å². The highest BCUT2D eigenvalue weighted by Gasteiger charge is 2.52. The van der Waals surface area contributed by atoms with Crippen molar-refractivity contribution < 1.29 is 36.6 Å². The molecule has 1 saturated heterocycles. The molecule has 0 unspecified atom stereocenters. The van der Waals surface area contributed by atoms with Crippen LogP contribution in [0.2, 0.25) is 0 Å². The van der Waals surface area contributed by atoms with Crippen molar-refractivity contribution >= 4 is 16.0 Å². The third-order valence-corrected chi connectivity index (χ3v) is 6.40. The highest BCUT2D eigenvalue weighted by molar-refractivity contribution is 7.89. The SMILES string of the molecule is CCC[C@@]1(C(=O)O)CN(S(=O)(=O)c2cccnc2C(F)(F)F)CC[C@@H]1O. The molecule has 0 aromatic carbocycles. The molecule has 1 aromatic rings. The summed E-state index contributed by atoms with van der Waals surface area (Å²) in [6.45, 7) is 0.786. The molecule has 0 saturated carbocycles. The Kier molecular flexibility index (Phi) is 5.64. The van der Waals surface area contributed by atoms with E-state index in [1.165, 1.54) is 0 Å². The monoisotopic (exact) mass is 396 g/mol. The molecule has 26 heavy (non-hydrogen) atoms. The minimum Gasteiger partial charge on any atom is -0.481 e. The maximum atomic E-state index is 13.1. The number of carbonyl (C=O) groups is 1. The van der Waals surface area contributed by atoms with E-state index in [1.807, 2.05) is 0 Å². The maximum absolute atomic E-state index is 13.1. The molecule has 146 valence electrons. The third-order valence-electron chi connectivity index (χ3n) is 4.53. The number of aliphatic hydroxyl groups is 1. The van der Waals surface area contributed by atoms with E-state index in [2.05, 4.69) is 4.98 Å². The second-order valence-corrected chi connectivity index (χ2v) is 8.11. The second kappa shape index (κ2) is 7.12. The lowest BCUT2D eigenvalue weighted by molar-refractivity contribution is -0.162. The number of hydrogen-bond acceptors (Lipinski definition) is 5. The molecule has 0 aliphatic carbocycles. The zero-order valence-corrected chi connectivity index (χ0v) is 14.7. The Morgan fingerprint density at radius 2 is 2.12 bits per heavy atom. The Morgan fingerprint density at radius 1 is 1.46 bits per heavy atom. The van der Waals surface area contributed by atoms with E-state index in [0.29, 0.717) is 10.7 Å². The first kappa shape index (κ1) is 20.6. The van der Waals surface area contributed by atoms with Crippen LogP contribution in [0.15, 0.2) is 23.2 Å². The molecule has 0 spiro atoms. The number of hydrogen-bond donors (Lipinski definition) is 2. The van der Waals surface area contributed by atoms with Gasteiger partial charge in [-0.15, -0.1) is 0 Å². The van der Waals surface area contributed by atoms with Gasteiger partial charge in [-0.05, 0) is 25.0 Å². The van der Waals surface area contributed by atoms with Crippen molar-refractivity contribution in [3.05, 3.63) is 24.0 Å². The van der Waals surface area contributed by atoms with Crippen LogP contribution in [-0.2, 0) is 21.0 Å². The van der Waals surface area contributed by atoms with Crippen molar-refractivity contribution in [1.82, 2.24) is 9.29 Å². The van der Waals surface area contributed by atoms with Gasteiger partial charge in [-0.25, -0.2) is 8.42 Å². The molecular formula is C15H19F3N2O5S. The van der Waals surface area contributed by atoms with Crippen LogP contribution in [-0.4, -0.2) is 53.1 Å². The van der Waals surface area contributed by atoms with Crippen molar-refractivity contribution in [2.75, 3.05) is 13.1 Å². The topological polar surface area (TPSA) is 108 Å². The standard InChI is InChI=1S/C15H19F3N2O5S/c1-2-6-14(13(22)23)9-20(8-5-11(14)21)26(24,25)10-4-3-7-19-12(10)15(16,17)18/h3-4,7,11,21H,2,5-6,8-9H2,1H3,(H,22,23)/t11-,14+/m0/s1. The summed E-state index contributed by atoms with van der Waals surface area (Å²) in [5.41, 5.74) is -3.32. The number of alkyl halides is 3. The smallest absolute Gasteiger partial charge is 0.434 e. The summed E-state index contributed by atoms with van der Waals surface area (Å²) in [7, 11) is -4.65. The fourth-order valence-corrected chi connectivity index (χ4v) is 4.89. The van der Waals surface area contributed by atoms with Crippen LogP contribution in [0.25, 0.3) is 0 Å². The molecule has 2 atom stereocenters. The van der Waals surface area contributed by atoms with Crippen molar-refractivity contribution in [3.63, 3.8) is 0 Å². The lowest BCUT2D eigenvalue weighted by atomic mass is 9.74. The van der Waals surface area contributed by atoms with Crippen LogP contribution in [0, 0.1) is 5.41 Å². The van der Waals surface area contributed by atoms with Gasteiger partial charge in [0.15, 0.2) is 5.69 Å². The fraction of sp³-hybridized carbons (Fsp3) is 0.600. The van der Waals surface area contributed by atoms with Crippen LogP contribution in [0.3, 0.4) is 0 Å². The van der Waals surface area contributed by atoms with E-state index < -0.39 is 50.8 Å². The molecule has 1 aliphatic rings. The minimum absolute atomic E-state index is 0.00527. The zero-order chi connectivity index (χ0) is 19.8. The predicted octanol–water partition coefficient (Wildman–Crippen LogP) is 1.73. The van der Waals surface area contributed by atoms with E-state index in [4.69, 9.17) is 0 Å². The summed E-state index contributed by atoms with van der Waals surface area (Å²) in [6.07, 6.45) is -5.27. The van der Waals surface area contributed by atoms with E-state index >= 15 is 0 Å². The summed E-state index contributed by atoms with van der Waals surface area (Å²) >= 11 is 0. The van der Waals surface area contributed by atoms with E-state index in [9.17, 15) is 36.6 Å². The summed E-state index contributed by atoms with van der Waals surface area (Å²) in [6, 6.07) is 1.86. The number of aliphatic hydroxyl groups excluding tert-OH is 1. The number of aromatic nitrogens is 1. The molecule has 2 heterocycles. The van der Waals surface area contributed by atoms with Crippen LogP contribution < -0.4 is 0 Å². The Balaban J connectivity index is 2.50. The van der Waals surface area contributed by atoms with Crippen LogP contribution in [0.4, 0.5) is 13.2 Å². The number of carboxylic acids is 1. The van der Waals surface area contributed by atoms with Gasteiger partial charge < -0.3 is 10.2 Å². The largest absolute Gasteiger partial charge is 0.481 e. The number of piperidine rings is 1. The molecule has 0 amide bonds. The molecule has 1 fully saturated rings. The molecule has 2 N–H and O–H groups in total. The maximum Gasteiger partial charge on any atom is 0.434 e. The molecule has 0 bridgehead atoms. The Labute approximate surface area is 148 Å². The average molecular weight is 396 g/mol. The lowest BCUT2D eigenvalue weighted by Crippen LogP contribution is -2.57. The van der Waals surface area contributed by atoms with Crippen LogP contribution in [0.1, 0.15) is 31.9 Å². The third kappa shape index (κ3) is 3.55. The number of pyridine rings is 1. The van der Waals surface area contributed by atoms with Gasteiger partial charge in [0.25, 0.3) is 0 Å².